The Morgan fingerprint density at radius 2 is 1.75 bits per heavy atom. The number of rotatable bonds is 6. The number of nitrogens with zero attached hydrogens (tertiary/aromatic N) is 1. The molecule has 3 heteroatoms. The van der Waals surface area contributed by atoms with Crippen molar-refractivity contribution in [1.29, 1.82) is 0 Å². The highest BCUT2D eigenvalue weighted by Gasteiger charge is 2.18. The van der Waals surface area contributed by atoms with E-state index < -0.39 is 0 Å². The third kappa shape index (κ3) is 3.40. The summed E-state index contributed by atoms with van der Waals surface area (Å²) in [4.78, 5) is 4.23. The second kappa shape index (κ2) is 5.73. The van der Waals surface area contributed by atoms with Crippen molar-refractivity contribution in [3.05, 3.63) is 18.5 Å². The van der Waals surface area contributed by atoms with Gasteiger partial charge in [-0.3, -0.25) is 4.98 Å². The minimum absolute atomic E-state index is 0.159. The van der Waals surface area contributed by atoms with Crippen molar-refractivity contribution in [2.75, 3.05) is 17.2 Å². The third-order valence-corrected chi connectivity index (χ3v) is 3.13. The Bertz CT molecular complexity index is 319. The fourth-order valence-corrected chi connectivity index (χ4v) is 1.58. The highest BCUT2D eigenvalue weighted by atomic mass is 15.0. The van der Waals surface area contributed by atoms with Crippen molar-refractivity contribution >= 4 is 11.4 Å². The van der Waals surface area contributed by atoms with E-state index in [2.05, 4.69) is 49.4 Å². The molecular formula is C13H23N3. The zero-order chi connectivity index (χ0) is 12.0. The summed E-state index contributed by atoms with van der Waals surface area (Å²) in [7, 11) is 0. The summed E-state index contributed by atoms with van der Waals surface area (Å²) in [6.45, 7) is 9.66. The van der Waals surface area contributed by atoms with Gasteiger partial charge < -0.3 is 10.6 Å². The first-order valence-corrected chi connectivity index (χ1v) is 6.10. The van der Waals surface area contributed by atoms with Crippen LogP contribution in [0.1, 0.15) is 40.5 Å². The normalized spacial score (nSPS) is 11.2. The average molecular weight is 221 g/mol. The van der Waals surface area contributed by atoms with Crippen molar-refractivity contribution in [2.24, 2.45) is 0 Å². The van der Waals surface area contributed by atoms with E-state index >= 15 is 0 Å². The van der Waals surface area contributed by atoms with Crippen LogP contribution in [-0.4, -0.2) is 17.1 Å². The van der Waals surface area contributed by atoms with Gasteiger partial charge in [-0.1, -0.05) is 13.8 Å². The molecule has 0 atom stereocenters. The van der Waals surface area contributed by atoms with Crippen molar-refractivity contribution in [3.8, 4) is 0 Å². The lowest BCUT2D eigenvalue weighted by atomic mass is 9.95. The zero-order valence-corrected chi connectivity index (χ0v) is 10.8. The predicted molar refractivity (Wildman–Crippen MR) is 71.0 cm³/mol. The number of aromatic nitrogens is 1. The molecule has 0 spiro atoms. The van der Waals surface area contributed by atoms with Crippen LogP contribution in [0.15, 0.2) is 18.5 Å². The largest absolute Gasteiger partial charge is 0.384 e. The van der Waals surface area contributed by atoms with Crippen molar-refractivity contribution in [3.63, 3.8) is 0 Å². The molecule has 3 nitrogen and oxygen atoms in total. The first-order valence-electron chi connectivity index (χ1n) is 6.10. The number of nitrogens with one attached hydrogen (secondary N) is 2. The van der Waals surface area contributed by atoms with Crippen LogP contribution < -0.4 is 10.6 Å². The molecular weight excluding hydrogens is 198 g/mol. The SMILES string of the molecule is CCNc1cncc(NC(C)(CC)CC)c1. The molecule has 0 saturated heterocycles. The molecule has 1 heterocycles. The smallest absolute Gasteiger partial charge is 0.0551 e. The van der Waals surface area contributed by atoms with E-state index in [9.17, 15) is 0 Å². The van der Waals surface area contributed by atoms with Gasteiger partial charge in [0.25, 0.3) is 0 Å². The summed E-state index contributed by atoms with van der Waals surface area (Å²) in [5, 5.41) is 6.82. The van der Waals surface area contributed by atoms with E-state index in [0.717, 1.165) is 30.8 Å². The molecule has 0 fully saturated rings. The number of hydrogen-bond donors (Lipinski definition) is 2. The van der Waals surface area contributed by atoms with Gasteiger partial charge in [-0.25, -0.2) is 0 Å². The topological polar surface area (TPSA) is 37.0 Å². The Morgan fingerprint density at radius 1 is 1.12 bits per heavy atom. The Labute approximate surface area is 98.7 Å². The molecule has 0 aliphatic carbocycles. The van der Waals surface area contributed by atoms with Gasteiger partial charge in [0, 0.05) is 12.1 Å². The quantitative estimate of drug-likeness (QED) is 0.772. The van der Waals surface area contributed by atoms with E-state index in [-0.39, 0.29) is 5.54 Å². The fourth-order valence-electron chi connectivity index (χ4n) is 1.58. The maximum absolute atomic E-state index is 4.23. The first-order chi connectivity index (χ1) is 7.63. The van der Waals surface area contributed by atoms with Gasteiger partial charge in [0.2, 0.25) is 0 Å². The first kappa shape index (κ1) is 12.8. The molecule has 0 amide bonds. The van der Waals surface area contributed by atoms with Crippen LogP contribution in [0.5, 0.6) is 0 Å². The van der Waals surface area contributed by atoms with E-state index in [1.807, 2.05) is 12.4 Å². The molecule has 0 saturated carbocycles. The molecule has 16 heavy (non-hydrogen) atoms. The molecule has 0 aliphatic heterocycles. The average Bonchev–Trinajstić information content (AvgIpc) is 2.30. The Balaban J connectivity index is 2.76. The number of anilines is 2. The number of hydrogen-bond acceptors (Lipinski definition) is 3. The van der Waals surface area contributed by atoms with Crippen LogP contribution in [0.25, 0.3) is 0 Å². The Hall–Kier alpha value is -1.25. The summed E-state index contributed by atoms with van der Waals surface area (Å²) in [5.74, 6) is 0. The van der Waals surface area contributed by atoms with E-state index in [0.29, 0.717) is 0 Å². The minimum Gasteiger partial charge on any atom is -0.384 e. The molecule has 0 unspecified atom stereocenters. The summed E-state index contributed by atoms with van der Waals surface area (Å²) in [6.07, 6.45) is 5.94. The van der Waals surface area contributed by atoms with Crippen LogP contribution >= 0.6 is 0 Å². The molecule has 90 valence electrons. The summed E-state index contributed by atoms with van der Waals surface area (Å²) in [6, 6.07) is 2.11. The van der Waals surface area contributed by atoms with Crippen LogP contribution in [0, 0.1) is 0 Å². The van der Waals surface area contributed by atoms with Gasteiger partial charge in [0.05, 0.1) is 23.8 Å². The fraction of sp³-hybridized carbons (Fsp3) is 0.615. The summed E-state index contributed by atoms with van der Waals surface area (Å²) < 4.78 is 0. The third-order valence-electron chi connectivity index (χ3n) is 3.13. The van der Waals surface area contributed by atoms with Crippen LogP contribution in [0.4, 0.5) is 11.4 Å². The molecule has 0 bridgehead atoms. The molecule has 2 N–H and O–H groups in total. The van der Waals surface area contributed by atoms with Crippen LogP contribution in [-0.2, 0) is 0 Å². The van der Waals surface area contributed by atoms with Gasteiger partial charge in [0.15, 0.2) is 0 Å². The summed E-state index contributed by atoms with van der Waals surface area (Å²) in [5.41, 5.74) is 2.32. The molecule has 0 aliphatic rings. The van der Waals surface area contributed by atoms with E-state index in [1.165, 1.54) is 0 Å². The van der Waals surface area contributed by atoms with Crippen molar-refractivity contribution in [2.45, 2.75) is 46.1 Å². The lowest BCUT2D eigenvalue weighted by molar-refractivity contribution is 0.478. The van der Waals surface area contributed by atoms with Gasteiger partial charge >= 0.3 is 0 Å². The minimum atomic E-state index is 0.159. The van der Waals surface area contributed by atoms with Crippen LogP contribution in [0.2, 0.25) is 0 Å². The van der Waals surface area contributed by atoms with Crippen molar-refractivity contribution < 1.29 is 0 Å². The predicted octanol–water partition coefficient (Wildman–Crippen LogP) is 3.50. The molecule has 0 aromatic carbocycles. The van der Waals surface area contributed by atoms with E-state index in [4.69, 9.17) is 0 Å². The Morgan fingerprint density at radius 3 is 2.31 bits per heavy atom. The highest BCUT2D eigenvalue weighted by molar-refractivity contribution is 5.54. The molecule has 0 radical (unpaired) electrons. The van der Waals surface area contributed by atoms with E-state index in [1.54, 1.807) is 0 Å². The van der Waals surface area contributed by atoms with Gasteiger partial charge in [-0.15, -0.1) is 0 Å². The Kier molecular flexibility index (Phi) is 4.59. The second-order valence-electron chi connectivity index (χ2n) is 4.39. The maximum atomic E-state index is 4.23. The molecule has 1 aromatic rings. The maximum Gasteiger partial charge on any atom is 0.0551 e. The van der Waals surface area contributed by atoms with Gasteiger partial charge in [-0.05, 0) is 32.8 Å². The lowest BCUT2D eigenvalue weighted by Gasteiger charge is -2.29. The lowest BCUT2D eigenvalue weighted by Crippen LogP contribution is -2.32. The molecule has 1 rings (SSSR count). The van der Waals surface area contributed by atoms with Gasteiger partial charge in [-0.2, -0.15) is 0 Å². The monoisotopic (exact) mass is 221 g/mol. The standard InChI is InChI=1S/C13H23N3/c1-5-13(4,6-2)16-12-8-11(15-7-3)9-14-10-12/h8-10,15-16H,5-7H2,1-4H3. The van der Waals surface area contributed by atoms with Gasteiger partial charge in [0.1, 0.15) is 0 Å². The summed E-state index contributed by atoms with van der Waals surface area (Å²) >= 11 is 0. The number of pyridine rings is 1. The second-order valence-corrected chi connectivity index (χ2v) is 4.39. The highest BCUT2D eigenvalue weighted by Crippen LogP contribution is 2.22. The zero-order valence-electron chi connectivity index (χ0n) is 10.8. The van der Waals surface area contributed by atoms with Crippen molar-refractivity contribution in [1.82, 2.24) is 4.98 Å². The van der Waals surface area contributed by atoms with Crippen LogP contribution in [0.3, 0.4) is 0 Å². The molecule has 1 aromatic heterocycles.